The second kappa shape index (κ2) is 13.7. The fourth-order valence-electron chi connectivity index (χ4n) is 10.8. The molecule has 10 aromatic carbocycles. The maximum Gasteiger partial charge on any atom is 0.0746 e. The maximum atomic E-state index is 2.51. The number of para-hydroxylation sites is 3. The highest BCUT2D eigenvalue weighted by atomic mass is 32.1. The van der Waals surface area contributed by atoms with Gasteiger partial charge in [-0.1, -0.05) is 158 Å². The maximum absolute atomic E-state index is 2.51. The van der Waals surface area contributed by atoms with Gasteiger partial charge in [-0.2, -0.15) is 0 Å². The zero-order valence-corrected chi connectivity index (χ0v) is 34.6. The zero-order chi connectivity index (χ0) is 40.8. The largest absolute Gasteiger partial charge is 0.310 e. The molecule has 0 amide bonds. The van der Waals surface area contributed by atoms with Gasteiger partial charge in [0, 0.05) is 53.9 Å². The number of anilines is 6. The van der Waals surface area contributed by atoms with Crippen LogP contribution in [0.25, 0.3) is 53.2 Å². The van der Waals surface area contributed by atoms with Gasteiger partial charge in [-0.25, -0.2) is 0 Å². The van der Waals surface area contributed by atoms with E-state index in [9.17, 15) is 0 Å². The lowest BCUT2D eigenvalue weighted by molar-refractivity contribution is 0.794. The normalized spacial score (nSPS) is 14.5. The molecule has 1 spiro atoms. The van der Waals surface area contributed by atoms with Crippen molar-refractivity contribution in [3.8, 4) is 22.3 Å². The average molecular weight is 807 g/mol. The molecule has 0 saturated carbocycles. The molecule has 1 heterocycles. The Morgan fingerprint density at radius 1 is 0.339 bits per heavy atom. The summed E-state index contributed by atoms with van der Waals surface area (Å²) in [4.78, 5) is 4.98. The molecule has 62 heavy (non-hydrogen) atoms. The van der Waals surface area contributed by atoms with Crippen molar-refractivity contribution >= 4 is 76.4 Å². The Kier molecular flexibility index (Phi) is 7.72. The minimum Gasteiger partial charge on any atom is -0.310 e. The van der Waals surface area contributed by atoms with E-state index < -0.39 is 5.41 Å². The molecule has 2 nitrogen and oxygen atoms in total. The minimum atomic E-state index is -0.599. The molecule has 1 atom stereocenters. The number of hydrogen-bond donors (Lipinski definition) is 0. The third-order valence-electron chi connectivity index (χ3n) is 13.2. The molecule has 11 aromatic rings. The highest BCUT2D eigenvalue weighted by Gasteiger charge is 2.54. The van der Waals surface area contributed by atoms with E-state index in [4.69, 9.17) is 0 Å². The summed E-state index contributed by atoms with van der Waals surface area (Å²) < 4.78 is 2.59. The summed E-state index contributed by atoms with van der Waals surface area (Å²) >= 11 is 1.86. The predicted molar refractivity (Wildman–Crippen MR) is 263 cm³/mol. The first-order valence-electron chi connectivity index (χ1n) is 21.4. The van der Waals surface area contributed by atoms with Crippen LogP contribution in [0.2, 0.25) is 0 Å². The van der Waals surface area contributed by atoms with E-state index in [1.165, 1.54) is 86.8 Å². The van der Waals surface area contributed by atoms with Crippen LogP contribution < -0.4 is 9.80 Å². The summed E-state index contributed by atoms with van der Waals surface area (Å²) in [6.45, 7) is 0. The number of nitrogens with zero attached hydrogens (tertiary/aromatic N) is 2. The molecular weight excluding hydrogens is 769 g/mol. The van der Waals surface area contributed by atoms with E-state index in [0.29, 0.717) is 0 Å². The van der Waals surface area contributed by atoms with Gasteiger partial charge in [0.15, 0.2) is 0 Å². The van der Waals surface area contributed by atoms with Crippen LogP contribution in [0.4, 0.5) is 34.1 Å². The first-order valence-corrected chi connectivity index (χ1v) is 22.2. The number of fused-ring (bicyclic) bond motifs is 14. The second-order valence-electron chi connectivity index (χ2n) is 16.4. The zero-order valence-electron chi connectivity index (χ0n) is 33.7. The average Bonchev–Trinajstić information content (AvgIpc) is 3.97. The molecule has 290 valence electrons. The van der Waals surface area contributed by atoms with Crippen molar-refractivity contribution in [3.63, 3.8) is 0 Å². The van der Waals surface area contributed by atoms with Crippen LogP contribution >= 0.6 is 11.3 Å². The first-order chi connectivity index (χ1) is 30.8. The molecule has 1 aromatic heterocycles. The summed E-state index contributed by atoms with van der Waals surface area (Å²) in [5, 5.41) is 5.02. The Labute approximate surface area is 364 Å². The van der Waals surface area contributed by atoms with Gasteiger partial charge in [-0.15, -0.1) is 11.3 Å². The molecule has 1 unspecified atom stereocenters. The van der Waals surface area contributed by atoms with Crippen LogP contribution in [0.3, 0.4) is 0 Å². The predicted octanol–water partition coefficient (Wildman–Crippen LogP) is 16.5. The molecular formula is C59H38N2S. The highest BCUT2D eigenvalue weighted by molar-refractivity contribution is 7.26. The number of rotatable bonds is 6. The van der Waals surface area contributed by atoms with Crippen molar-refractivity contribution in [1.29, 1.82) is 0 Å². The summed E-state index contributed by atoms with van der Waals surface area (Å²) in [6, 6.07) is 85.3. The molecule has 0 N–H and O–H groups in total. The molecule has 0 radical (unpaired) electrons. The highest BCUT2D eigenvalue weighted by Crippen LogP contribution is 2.67. The topological polar surface area (TPSA) is 6.48 Å². The third-order valence-corrected chi connectivity index (χ3v) is 14.3. The van der Waals surface area contributed by atoms with Gasteiger partial charge in [0.25, 0.3) is 0 Å². The van der Waals surface area contributed by atoms with Crippen molar-refractivity contribution in [2.24, 2.45) is 0 Å². The number of hydrogen-bond acceptors (Lipinski definition) is 3. The summed E-state index contributed by atoms with van der Waals surface area (Å²) in [5.41, 5.74) is 16.6. The Morgan fingerprint density at radius 3 is 1.56 bits per heavy atom. The van der Waals surface area contributed by atoms with Crippen LogP contribution in [0.1, 0.15) is 22.3 Å². The van der Waals surface area contributed by atoms with Crippen LogP contribution in [0, 0.1) is 0 Å². The van der Waals surface area contributed by atoms with Gasteiger partial charge < -0.3 is 9.80 Å². The second-order valence-corrected chi connectivity index (χ2v) is 17.4. The SMILES string of the molecule is c1ccc(N(c2ccccc2)c2c3c(cc4ccccc24)-c2ccccc2C32c3ccccc3-c3cc(N(c4ccccc4)c4cccc5sc6ccccc6c45)ccc32)cc1. The van der Waals surface area contributed by atoms with Crippen LogP contribution in [-0.2, 0) is 5.41 Å². The lowest BCUT2D eigenvalue weighted by Gasteiger charge is -2.37. The minimum absolute atomic E-state index is 0.599. The third kappa shape index (κ3) is 4.91. The first kappa shape index (κ1) is 35.1. The quantitative estimate of drug-likeness (QED) is 0.165. The molecule has 0 saturated heterocycles. The van der Waals surface area contributed by atoms with E-state index in [1.54, 1.807) is 0 Å². The van der Waals surface area contributed by atoms with E-state index >= 15 is 0 Å². The molecule has 13 rings (SSSR count). The molecule has 2 aliphatic carbocycles. The van der Waals surface area contributed by atoms with Crippen molar-refractivity contribution in [2.45, 2.75) is 5.41 Å². The molecule has 0 fully saturated rings. The molecule has 0 aliphatic heterocycles. The van der Waals surface area contributed by atoms with Crippen molar-refractivity contribution < 1.29 is 0 Å². The van der Waals surface area contributed by atoms with Crippen molar-refractivity contribution in [1.82, 2.24) is 0 Å². The summed E-state index contributed by atoms with van der Waals surface area (Å²) in [6.07, 6.45) is 0. The fraction of sp³-hybridized carbons (Fsp3) is 0.0169. The molecule has 0 bridgehead atoms. The summed E-state index contributed by atoms with van der Waals surface area (Å²) in [7, 11) is 0. The van der Waals surface area contributed by atoms with Gasteiger partial charge in [0.05, 0.1) is 16.8 Å². The van der Waals surface area contributed by atoms with Crippen molar-refractivity contribution in [2.75, 3.05) is 9.80 Å². The Hall–Kier alpha value is -7.72. The van der Waals surface area contributed by atoms with Crippen LogP contribution in [0.15, 0.2) is 231 Å². The Morgan fingerprint density at radius 2 is 0.871 bits per heavy atom. The lowest BCUT2D eigenvalue weighted by atomic mass is 9.69. The van der Waals surface area contributed by atoms with Crippen molar-refractivity contribution in [3.05, 3.63) is 253 Å². The van der Waals surface area contributed by atoms with E-state index in [1.807, 2.05) is 11.3 Å². The van der Waals surface area contributed by atoms with Gasteiger partial charge in [0.1, 0.15) is 0 Å². The standard InChI is InChI=1S/C59H38N2S/c1-4-20-40(21-5-1)60(53-32-18-34-55-56(53)47-29-14-17-33-54(47)62-55)43-35-36-52-48(38-43)45-27-12-15-30-50(45)59(52)51-31-16-13-28-46(51)49-37-39-19-10-11-26-44(39)58(57(49)59)61(41-22-6-2-7-23-41)42-24-8-3-9-25-42/h1-38H. The number of benzene rings is 10. The molecule has 2 aliphatic rings. The van der Waals surface area contributed by atoms with Crippen LogP contribution in [0.5, 0.6) is 0 Å². The van der Waals surface area contributed by atoms with Gasteiger partial charge in [0.2, 0.25) is 0 Å². The molecule has 3 heteroatoms. The monoisotopic (exact) mass is 806 g/mol. The van der Waals surface area contributed by atoms with E-state index in [2.05, 4.69) is 240 Å². The summed E-state index contributed by atoms with van der Waals surface area (Å²) in [5.74, 6) is 0. The fourth-order valence-corrected chi connectivity index (χ4v) is 11.9. The van der Waals surface area contributed by atoms with Gasteiger partial charge >= 0.3 is 0 Å². The van der Waals surface area contributed by atoms with E-state index in [0.717, 1.165) is 22.7 Å². The Bertz CT molecular complexity index is 3500. The Balaban J connectivity index is 1.14. The van der Waals surface area contributed by atoms with Gasteiger partial charge in [-0.3, -0.25) is 0 Å². The van der Waals surface area contributed by atoms with E-state index in [-0.39, 0.29) is 0 Å². The van der Waals surface area contributed by atoms with Crippen LogP contribution in [-0.4, -0.2) is 0 Å². The smallest absolute Gasteiger partial charge is 0.0746 e. The van der Waals surface area contributed by atoms with Gasteiger partial charge in [-0.05, 0) is 117 Å². The number of thiophene rings is 1. The lowest BCUT2D eigenvalue weighted by Crippen LogP contribution is -2.28.